The van der Waals surface area contributed by atoms with E-state index in [1.807, 2.05) is 7.05 Å². The molecule has 0 radical (unpaired) electrons. The summed E-state index contributed by atoms with van der Waals surface area (Å²) >= 11 is 0. The van der Waals surface area contributed by atoms with Gasteiger partial charge in [0.1, 0.15) is 11.6 Å². The van der Waals surface area contributed by atoms with Crippen molar-refractivity contribution in [3.63, 3.8) is 0 Å². The molecule has 0 saturated carbocycles. The fraction of sp³-hybridized carbons (Fsp3) is 0.333. The maximum Gasteiger partial charge on any atom is 0.123 e. The molecule has 21 heavy (non-hydrogen) atoms. The highest BCUT2D eigenvalue weighted by atomic mass is 19.1. The Kier molecular flexibility index (Phi) is 4.97. The summed E-state index contributed by atoms with van der Waals surface area (Å²) in [6.07, 6.45) is 0.789. The average molecular weight is 287 g/mol. The zero-order valence-corrected chi connectivity index (χ0v) is 13.0. The van der Waals surface area contributed by atoms with Gasteiger partial charge in [-0.1, -0.05) is 18.2 Å². The van der Waals surface area contributed by atoms with Gasteiger partial charge in [-0.15, -0.1) is 0 Å². The molecule has 0 spiro atoms. The quantitative estimate of drug-likeness (QED) is 0.899. The molecular weight excluding hydrogens is 265 g/mol. The molecule has 0 aromatic heterocycles. The van der Waals surface area contributed by atoms with Crippen molar-refractivity contribution in [2.75, 3.05) is 14.2 Å². The number of aryl methyl sites for hydroxylation is 2. The SMILES string of the molecule is CNC(Cc1ccc(C)c(C)c1)c1cc(F)ccc1OC. The summed E-state index contributed by atoms with van der Waals surface area (Å²) in [6.45, 7) is 4.21. The van der Waals surface area contributed by atoms with Gasteiger partial charge in [0, 0.05) is 11.6 Å². The lowest BCUT2D eigenvalue weighted by Gasteiger charge is -2.20. The van der Waals surface area contributed by atoms with Crippen molar-refractivity contribution in [3.05, 3.63) is 64.5 Å². The van der Waals surface area contributed by atoms with Crippen LogP contribution in [0.3, 0.4) is 0 Å². The number of halogens is 1. The number of nitrogens with one attached hydrogen (secondary N) is 1. The Hall–Kier alpha value is -1.87. The third kappa shape index (κ3) is 3.61. The Morgan fingerprint density at radius 3 is 2.48 bits per heavy atom. The lowest BCUT2D eigenvalue weighted by Crippen LogP contribution is -2.20. The van der Waals surface area contributed by atoms with Crippen molar-refractivity contribution in [2.45, 2.75) is 26.3 Å². The molecule has 112 valence electrons. The second-order valence-corrected chi connectivity index (χ2v) is 5.35. The van der Waals surface area contributed by atoms with Crippen LogP contribution in [0, 0.1) is 19.7 Å². The van der Waals surface area contributed by atoms with E-state index in [9.17, 15) is 4.39 Å². The first-order valence-electron chi connectivity index (χ1n) is 7.12. The van der Waals surface area contributed by atoms with Crippen LogP contribution in [0.5, 0.6) is 5.75 Å². The minimum atomic E-state index is -0.244. The molecular formula is C18H22FNO. The first-order chi connectivity index (χ1) is 10.0. The van der Waals surface area contributed by atoms with Gasteiger partial charge in [0.15, 0.2) is 0 Å². The molecule has 0 aliphatic rings. The number of rotatable bonds is 5. The number of ether oxygens (including phenoxy) is 1. The summed E-state index contributed by atoms with van der Waals surface area (Å²) in [7, 11) is 3.50. The smallest absolute Gasteiger partial charge is 0.123 e. The molecule has 2 aromatic carbocycles. The molecule has 0 bridgehead atoms. The van der Waals surface area contributed by atoms with Crippen LogP contribution < -0.4 is 10.1 Å². The topological polar surface area (TPSA) is 21.3 Å². The number of benzene rings is 2. The van der Waals surface area contributed by atoms with Crippen molar-refractivity contribution in [1.82, 2.24) is 5.32 Å². The second kappa shape index (κ2) is 6.72. The van der Waals surface area contributed by atoms with E-state index in [1.165, 1.54) is 22.8 Å². The standard InChI is InChI=1S/C18H22FNO/c1-12-5-6-14(9-13(12)2)10-17(20-3)16-11-15(19)7-8-18(16)21-4/h5-9,11,17,20H,10H2,1-4H3. The van der Waals surface area contributed by atoms with Crippen molar-refractivity contribution in [3.8, 4) is 5.75 Å². The molecule has 1 unspecified atom stereocenters. The first kappa shape index (κ1) is 15.5. The van der Waals surface area contributed by atoms with E-state index in [2.05, 4.69) is 37.4 Å². The summed E-state index contributed by atoms with van der Waals surface area (Å²) in [4.78, 5) is 0. The average Bonchev–Trinajstić information content (AvgIpc) is 2.48. The predicted molar refractivity (Wildman–Crippen MR) is 84.4 cm³/mol. The number of methoxy groups -OCH3 is 1. The Morgan fingerprint density at radius 1 is 1.10 bits per heavy atom. The van der Waals surface area contributed by atoms with Gasteiger partial charge in [-0.25, -0.2) is 4.39 Å². The fourth-order valence-electron chi connectivity index (χ4n) is 2.51. The molecule has 2 nitrogen and oxygen atoms in total. The predicted octanol–water partition coefficient (Wildman–Crippen LogP) is 3.95. The molecule has 2 aromatic rings. The molecule has 3 heteroatoms. The normalized spacial score (nSPS) is 12.2. The largest absolute Gasteiger partial charge is 0.496 e. The number of hydrogen-bond donors (Lipinski definition) is 1. The summed E-state index contributed by atoms with van der Waals surface area (Å²) < 4.78 is 18.9. The Bertz CT molecular complexity index is 625. The van der Waals surface area contributed by atoms with Gasteiger partial charge in [-0.3, -0.25) is 0 Å². The van der Waals surface area contributed by atoms with Crippen LogP contribution in [0.2, 0.25) is 0 Å². The molecule has 1 atom stereocenters. The van der Waals surface area contributed by atoms with E-state index >= 15 is 0 Å². The van der Waals surface area contributed by atoms with Crippen LogP contribution in [0.1, 0.15) is 28.3 Å². The third-order valence-corrected chi connectivity index (χ3v) is 3.93. The number of hydrogen-bond acceptors (Lipinski definition) is 2. The molecule has 0 amide bonds. The minimum absolute atomic E-state index is 0.0118. The van der Waals surface area contributed by atoms with E-state index in [1.54, 1.807) is 19.2 Å². The molecule has 0 saturated heterocycles. The molecule has 0 aliphatic carbocycles. The summed E-state index contributed by atoms with van der Waals surface area (Å²) in [5, 5.41) is 3.26. The van der Waals surface area contributed by atoms with Gasteiger partial charge < -0.3 is 10.1 Å². The van der Waals surface area contributed by atoms with Crippen LogP contribution in [0.25, 0.3) is 0 Å². The lowest BCUT2D eigenvalue weighted by molar-refractivity contribution is 0.399. The molecule has 2 rings (SSSR count). The van der Waals surface area contributed by atoms with Crippen molar-refractivity contribution in [1.29, 1.82) is 0 Å². The molecule has 0 aliphatic heterocycles. The number of likely N-dealkylation sites (N-methyl/N-ethyl adjacent to an activating group) is 1. The van der Waals surface area contributed by atoms with Gasteiger partial charge >= 0.3 is 0 Å². The minimum Gasteiger partial charge on any atom is -0.496 e. The monoisotopic (exact) mass is 287 g/mol. The Labute approximate surface area is 126 Å². The highest BCUT2D eigenvalue weighted by Gasteiger charge is 2.16. The van der Waals surface area contributed by atoms with Crippen molar-refractivity contribution >= 4 is 0 Å². The van der Waals surface area contributed by atoms with Gasteiger partial charge in [-0.05, 0) is 62.2 Å². The van der Waals surface area contributed by atoms with Gasteiger partial charge in [0.05, 0.1) is 7.11 Å². The maximum absolute atomic E-state index is 13.6. The van der Waals surface area contributed by atoms with Crippen LogP contribution in [0.4, 0.5) is 4.39 Å². The highest BCUT2D eigenvalue weighted by molar-refractivity contribution is 5.38. The third-order valence-electron chi connectivity index (χ3n) is 3.93. The highest BCUT2D eigenvalue weighted by Crippen LogP contribution is 2.28. The maximum atomic E-state index is 13.6. The van der Waals surface area contributed by atoms with Crippen LogP contribution >= 0.6 is 0 Å². The Balaban J connectivity index is 2.31. The first-order valence-corrected chi connectivity index (χ1v) is 7.12. The van der Waals surface area contributed by atoms with E-state index in [4.69, 9.17) is 4.74 Å². The Morgan fingerprint density at radius 2 is 1.86 bits per heavy atom. The fourth-order valence-corrected chi connectivity index (χ4v) is 2.51. The zero-order valence-electron chi connectivity index (χ0n) is 13.0. The van der Waals surface area contributed by atoms with Gasteiger partial charge in [0.2, 0.25) is 0 Å². The van der Waals surface area contributed by atoms with E-state index < -0.39 is 0 Å². The van der Waals surface area contributed by atoms with E-state index in [0.717, 1.165) is 12.0 Å². The van der Waals surface area contributed by atoms with Gasteiger partial charge in [-0.2, -0.15) is 0 Å². The summed E-state index contributed by atoms with van der Waals surface area (Å²) in [5.74, 6) is 0.464. The molecule has 0 heterocycles. The van der Waals surface area contributed by atoms with Crippen LogP contribution in [0.15, 0.2) is 36.4 Å². The van der Waals surface area contributed by atoms with Crippen molar-refractivity contribution in [2.24, 2.45) is 0 Å². The van der Waals surface area contributed by atoms with Crippen LogP contribution in [-0.2, 0) is 6.42 Å². The lowest BCUT2D eigenvalue weighted by atomic mass is 9.96. The van der Waals surface area contributed by atoms with E-state index in [0.29, 0.717) is 5.75 Å². The second-order valence-electron chi connectivity index (χ2n) is 5.35. The van der Waals surface area contributed by atoms with Crippen molar-refractivity contribution < 1.29 is 9.13 Å². The van der Waals surface area contributed by atoms with Crippen LogP contribution in [-0.4, -0.2) is 14.2 Å². The summed E-state index contributed by atoms with van der Waals surface area (Å²) in [5.41, 5.74) is 4.62. The zero-order chi connectivity index (χ0) is 15.4. The molecule has 1 N–H and O–H groups in total. The summed E-state index contributed by atoms with van der Waals surface area (Å²) in [6, 6.07) is 11.1. The molecule has 0 fully saturated rings. The van der Waals surface area contributed by atoms with E-state index in [-0.39, 0.29) is 11.9 Å². The van der Waals surface area contributed by atoms with Gasteiger partial charge in [0.25, 0.3) is 0 Å².